The van der Waals surface area contributed by atoms with E-state index in [1.807, 2.05) is 22.6 Å². The molecule has 0 unspecified atom stereocenters. The van der Waals surface area contributed by atoms with Gasteiger partial charge in [0.15, 0.2) is 5.78 Å². The minimum atomic E-state index is -0.413. The van der Waals surface area contributed by atoms with Crippen LogP contribution in [0.2, 0.25) is 0 Å². The number of benzene rings is 1. The van der Waals surface area contributed by atoms with Crippen molar-refractivity contribution in [1.29, 1.82) is 0 Å². The Kier molecular flexibility index (Phi) is 3.46. The van der Waals surface area contributed by atoms with Gasteiger partial charge >= 0.3 is 0 Å². The predicted molar refractivity (Wildman–Crippen MR) is 54.2 cm³/mol. The van der Waals surface area contributed by atoms with Crippen molar-refractivity contribution in [2.24, 2.45) is 0 Å². The van der Waals surface area contributed by atoms with Crippen LogP contribution in [0.15, 0.2) is 18.2 Å². The summed E-state index contributed by atoms with van der Waals surface area (Å²) in [5, 5.41) is 0. The van der Waals surface area contributed by atoms with E-state index in [1.165, 1.54) is 12.1 Å². The summed E-state index contributed by atoms with van der Waals surface area (Å²) in [5.74, 6) is -0.774. The number of hydrogen-bond donors (Lipinski definition) is 0. The van der Waals surface area contributed by atoms with Gasteiger partial charge in [-0.25, -0.2) is 4.39 Å². The van der Waals surface area contributed by atoms with Gasteiger partial charge in [-0.2, -0.15) is 0 Å². The highest BCUT2D eigenvalue weighted by Gasteiger charge is 2.08. The van der Waals surface area contributed by atoms with Crippen LogP contribution in [0.5, 0.6) is 0 Å². The van der Waals surface area contributed by atoms with Crippen molar-refractivity contribution >= 4 is 40.0 Å². The maximum Gasteiger partial charge on any atom is 0.178 e. The molecule has 0 heterocycles. The Morgan fingerprint density at radius 2 is 2.25 bits per heavy atom. The number of ketones is 1. The first-order chi connectivity index (χ1) is 5.65. The maximum absolute atomic E-state index is 12.6. The largest absolute Gasteiger partial charge is 0.293 e. The topological polar surface area (TPSA) is 17.1 Å². The highest BCUT2D eigenvalue weighted by Crippen LogP contribution is 2.14. The van der Waals surface area contributed by atoms with E-state index in [9.17, 15) is 9.18 Å². The van der Waals surface area contributed by atoms with E-state index in [1.54, 1.807) is 6.07 Å². The van der Waals surface area contributed by atoms with Gasteiger partial charge in [-0.15, -0.1) is 11.6 Å². The Hall–Kier alpha value is -0.160. The quantitative estimate of drug-likeness (QED) is 0.466. The normalized spacial score (nSPS) is 9.92. The molecule has 0 saturated carbocycles. The Morgan fingerprint density at radius 3 is 2.83 bits per heavy atom. The van der Waals surface area contributed by atoms with Crippen molar-refractivity contribution in [3.63, 3.8) is 0 Å². The molecule has 1 aromatic rings. The number of Topliss-reactive ketones (excluding diaryl/α,β-unsaturated/α-hetero) is 1. The summed E-state index contributed by atoms with van der Waals surface area (Å²) in [6.45, 7) is 0. The SMILES string of the molecule is O=C(CCl)c1cc(F)ccc1I. The second-order valence-corrected chi connectivity index (χ2v) is 3.61. The first kappa shape index (κ1) is 9.92. The fourth-order valence-corrected chi connectivity index (χ4v) is 1.56. The summed E-state index contributed by atoms with van der Waals surface area (Å²) in [6.07, 6.45) is 0. The number of carbonyl (C=O) groups is 1. The van der Waals surface area contributed by atoms with Gasteiger partial charge in [0.25, 0.3) is 0 Å². The van der Waals surface area contributed by atoms with Gasteiger partial charge in [-0.05, 0) is 40.8 Å². The molecular weight excluding hydrogens is 293 g/mol. The van der Waals surface area contributed by atoms with Crippen LogP contribution >= 0.6 is 34.2 Å². The van der Waals surface area contributed by atoms with Gasteiger partial charge < -0.3 is 0 Å². The van der Waals surface area contributed by atoms with Crippen molar-refractivity contribution in [1.82, 2.24) is 0 Å². The number of carbonyl (C=O) groups excluding carboxylic acids is 1. The van der Waals surface area contributed by atoms with Gasteiger partial charge in [-0.3, -0.25) is 4.79 Å². The fraction of sp³-hybridized carbons (Fsp3) is 0.125. The lowest BCUT2D eigenvalue weighted by atomic mass is 10.1. The third-order valence-electron chi connectivity index (χ3n) is 1.35. The lowest BCUT2D eigenvalue weighted by molar-refractivity contribution is 0.102. The molecule has 12 heavy (non-hydrogen) atoms. The van der Waals surface area contributed by atoms with Gasteiger partial charge in [-0.1, -0.05) is 0 Å². The summed E-state index contributed by atoms with van der Waals surface area (Å²) in [5.41, 5.74) is 0.352. The van der Waals surface area contributed by atoms with Crippen molar-refractivity contribution in [3.8, 4) is 0 Å². The molecular formula is C8H5ClFIO. The molecule has 1 rings (SSSR count). The summed E-state index contributed by atoms with van der Waals surface area (Å²) < 4.78 is 13.4. The summed E-state index contributed by atoms with van der Waals surface area (Å²) in [6, 6.07) is 4.06. The molecule has 1 nitrogen and oxygen atoms in total. The van der Waals surface area contributed by atoms with E-state index in [-0.39, 0.29) is 11.7 Å². The Balaban J connectivity index is 3.13. The van der Waals surface area contributed by atoms with Gasteiger partial charge in [0.2, 0.25) is 0 Å². The fourth-order valence-electron chi connectivity index (χ4n) is 0.783. The average Bonchev–Trinajstić information content (AvgIpc) is 2.08. The number of alkyl halides is 1. The molecule has 0 N–H and O–H groups in total. The average molecular weight is 298 g/mol. The molecule has 0 bridgehead atoms. The molecule has 0 spiro atoms. The molecule has 0 aromatic heterocycles. The number of rotatable bonds is 2. The predicted octanol–water partition coefficient (Wildman–Crippen LogP) is 2.85. The third kappa shape index (κ3) is 2.17. The van der Waals surface area contributed by atoms with Crippen LogP contribution in [-0.4, -0.2) is 11.7 Å². The second kappa shape index (κ2) is 4.18. The Bertz CT molecular complexity index is 314. The standard InChI is InChI=1S/C8H5ClFIO/c9-4-8(12)6-3-5(10)1-2-7(6)11/h1-3H,4H2. The van der Waals surface area contributed by atoms with Crippen LogP contribution in [-0.2, 0) is 0 Å². The van der Waals surface area contributed by atoms with E-state index >= 15 is 0 Å². The van der Waals surface area contributed by atoms with Crippen LogP contribution in [0, 0.1) is 9.39 Å². The zero-order chi connectivity index (χ0) is 9.14. The summed E-state index contributed by atoms with van der Waals surface area (Å²) >= 11 is 7.30. The van der Waals surface area contributed by atoms with E-state index in [0.29, 0.717) is 5.56 Å². The number of hydrogen-bond acceptors (Lipinski definition) is 1. The van der Waals surface area contributed by atoms with Crippen molar-refractivity contribution in [2.45, 2.75) is 0 Å². The van der Waals surface area contributed by atoms with Crippen molar-refractivity contribution in [2.75, 3.05) is 5.88 Å². The zero-order valence-corrected chi connectivity index (χ0v) is 8.89. The van der Waals surface area contributed by atoms with E-state index < -0.39 is 5.82 Å². The molecule has 0 amide bonds. The lowest BCUT2D eigenvalue weighted by Crippen LogP contribution is -2.03. The van der Waals surface area contributed by atoms with Gasteiger partial charge in [0.05, 0.1) is 5.88 Å². The Labute approximate surface area is 88.1 Å². The van der Waals surface area contributed by atoms with E-state index in [4.69, 9.17) is 11.6 Å². The first-order valence-corrected chi connectivity index (χ1v) is 4.80. The molecule has 0 aliphatic heterocycles. The molecule has 0 radical (unpaired) electrons. The second-order valence-electron chi connectivity index (χ2n) is 2.18. The molecule has 0 saturated heterocycles. The molecule has 0 atom stereocenters. The lowest BCUT2D eigenvalue weighted by Gasteiger charge is -1.99. The molecule has 0 aliphatic rings. The minimum Gasteiger partial charge on any atom is -0.293 e. The van der Waals surface area contributed by atoms with Crippen LogP contribution in [0.3, 0.4) is 0 Å². The zero-order valence-electron chi connectivity index (χ0n) is 5.98. The van der Waals surface area contributed by atoms with Crippen LogP contribution in [0.4, 0.5) is 4.39 Å². The van der Waals surface area contributed by atoms with Crippen molar-refractivity contribution < 1.29 is 9.18 Å². The van der Waals surface area contributed by atoms with E-state index in [2.05, 4.69) is 0 Å². The number of halogens is 3. The minimum absolute atomic E-state index is 0.112. The Morgan fingerprint density at radius 1 is 1.58 bits per heavy atom. The molecule has 4 heteroatoms. The maximum atomic E-state index is 12.6. The summed E-state index contributed by atoms with van der Waals surface area (Å²) in [4.78, 5) is 11.1. The van der Waals surface area contributed by atoms with E-state index in [0.717, 1.165) is 3.57 Å². The summed E-state index contributed by atoms with van der Waals surface area (Å²) in [7, 11) is 0. The van der Waals surface area contributed by atoms with Crippen molar-refractivity contribution in [3.05, 3.63) is 33.1 Å². The highest BCUT2D eigenvalue weighted by molar-refractivity contribution is 14.1. The first-order valence-electron chi connectivity index (χ1n) is 3.19. The molecule has 0 aliphatic carbocycles. The highest BCUT2D eigenvalue weighted by atomic mass is 127. The molecule has 1 aromatic carbocycles. The molecule has 0 fully saturated rings. The van der Waals surface area contributed by atoms with Crippen LogP contribution in [0.25, 0.3) is 0 Å². The third-order valence-corrected chi connectivity index (χ3v) is 2.53. The van der Waals surface area contributed by atoms with Gasteiger partial charge in [0, 0.05) is 9.13 Å². The molecule has 64 valence electrons. The van der Waals surface area contributed by atoms with Gasteiger partial charge in [0.1, 0.15) is 5.82 Å². The van der Waals surface area contributed by atoms with Crippen LogP contribution in [0.1, 0.15) is 10.4 Å². The smallest absolute Gasteiger partial charge is 0.178 e. The monoisotopic (exact) mass is 298 g/mol. The van der Waals surface area contributed by atoms with Crippen LogP contribution < -0.4 is 0 Å².